The fourth-order valence-corrected chi connectivity index (χ4v) is 3.98. The highest BCUT2D eigenvalue weighted by atomic mass is 79.9. The van der Waals surface area contributed by atoms with E-state index in [1.807, 2.05) is 18.4 Å². The first-order valence-electron chi connectivity index (χ1n) is 7.12. The molecule has 126 valence electrons. The van der Waals surface area contributed by atoms with E-state index in [1.54, 1.807) is 11.3 Å². The van der Waals surface area contributed by atoms with Gasteiger partial charge in [-0.05, 0) is 25.5 Å². The lowest BCUT2D eigenvalue weighted by Crippen LogP contribution is -1.98. The van der Waals surface area contributed by atoms with Crippen molar-refractivity contribution in [1.29, 1.82) is 0 Å². The summed E-state index contributed by atoms with van der Waals surface area (Å²) in [5.74, 6) is 0. The van der Waals surface area contributed by atoms with Crippen LogP contribution in [-0.2, 0) is 6.54 Å². The SMILES string of the molecule is Br.Cc1ccc(CNc2nc(-c3cc(C(=O)S)sc3C)cs2)cc1. The molecule has 0 unspecified atom stereocenters. The first kappa shape index (κ1) is 19.2. The van der Waals surface area contributed by atoms with Gasteiger partial charge in [0, 0.05) is 22.4 Å². The predicted octanol–water partition coefficient (Wildman–Crippen LogP) is 5.75. The minimum absolute atomic E-state index is 0. The lowest BCUT2D eigenvalue weighted by molar-refractivity contribution is 0.109. The summed E-state index contributed by atoms with van der Waals surface area (Å²) in [5, 5.41) is 6.04. The Morgan fingerprint density at radius 2 is 1.96 bits per heavy atom. The Morgan fingerprint density at radius 3 is 2.58 bits per heavy atom. The maximum Gasteiger partial charge on any atom is 0.226 e. The second-order valence-electron chi connectivity index (χ2n) is 5.26. The van der Waals surface area contributed by atoms with Crippen LogP contribution in [0.5, 0.6) is 0 Å². The summed E-state index contributed by atoms with van der Waals surface area (Å²) in [4.78, 5) is 17.7. The Labute approximate surface area is 165 Å². The van der Waals surface area contributed by atoms with Crippen molar-refractivity contribution in [3.05, 3.63) is 56.6 Å². The van der Waals surface area contributed by atoms with Crippen molar-refractivity contribution in [2.75, 3.05) is 5.32 Å². The molecule has 1 N–H and O–H groups in total. The molecule has 0 amide bonds. The molecule has 0 saturated heterocycles. The van der Waals surface area contributed by atoms with E-state index in [1.165, 1.54) is 22.5 Å². The molecule has 0 aliphatic heterocycles. The summed E-state index contributed by atoms with van der Waals surface area (Å²) in [6.07, 6.45) is 0. The smallest absolute Gasteiger partial charge is 0.226 e. The van der Waals surface area contributed by atoms with Gasteiger partial charge in [0.05, 0.1) is 10.6 Å². The number of carbonyl (C=O) groups is 1. The number of nitrogens with one attached hydrogen (secondary N) is 1. The fourth-order valence-electron chi connectivity index (χ4n) is 2.20. The van der Waals surface area contributed by atoms with Gasteiger partial charge in [0.2, 0.25) is 5.12 Å². The third kappa shape index (κ3) is 4.47. The number of thiol groups is 1. The highest BCUT2D eigenvalue weighted by Gasteiger charge is 2.13. The van der Waals surface area contributed by atoms with Crippen LogP contribution in [0.3, 0.4) is 0 Å². The first-order valence-corrected chi connectivity index (χ1v) is 9.26. The molecule has 1 aromatic carbocycles. The van der Waals surface area contributed by atoms with Crippen molar-refractivity contribution in [2.45, 2.75) is 20.4 Å². The van der Waals surface area contributed by atoms with E-state index in [9.17, 15) is 4.79 Å². The van der Waals surface area contributed by atoms with Gasteiger partial charge in [-0.2, -0.15) is 0 Å². The Morgan fingerprint density at radius 1 is 1.25 bits per heavy atom. The molecule has 0 radical (unpaired) electrons. The van der Waals surface area contributed by atoms with E-state index in [0.717, 1.165) is 27.8 Å². The van der Waals surface area contributed by atoms with Crippen LogP contribution in [0.25, 0.3) is 11.3 Å². The van der Waals surface area contributed by atoms with Crippen LogP contribution in [0.15, 0.2) is 35.7 Å². The lowest BCUT2D eigenvalue weighted by Gasteiger charge is -2.03. The van der Waals surface area contributed by atoms with Crippen molar-refractivity contribution in [1.82, 2.24) is 4.98 Å². The largest absolute Gasteiger partial charge is 0.357 e. The van der Waals surface area contributed by atoms with Crippen LogP contribution >= 0.6 is 52.3 Å². The van der Waals surface area contributed by atoms with E-state index in [-0.39, 0.29) is 22.1 Å². The van der Waals surface area contributed by atoms with Crippen LogP contribution in [0.4, 0.5) is 5.13 Å². The van der Waals surface area contributed by atoms with Crippen molar-refractivity contribution >= 4 is 62.5 Å². The molecule has 2 aromatic heterocycles. The molecular formula is C17H17BrN2OS3. The zero-order valence-electron chi connectivity index (χ0n) is 13.2. The number of hydrogen-bond acceptors (Lipinski definition) is 5. The van der Waals surface area contributed by atoms with Crippen molar-refractivity contribution in [3.63, 3.8) is 0 Å². The van der Waals surface area contributed by atoms with E-state index in [0.29, 0.717) is 4.88 Å². The second kappa shape index (κ2) is 8.29. The van der Waals surface area contributed by atoms with Gasteiger partial charge in [0.25, 0.3) is 0 Å². The Bertz CT molecular complexity index is 840. The summed E-state index contributed by atoms with van der Waals surface area (Å²) in [7, 11) is 0. The standard InChI is InChI=1S/C17H16N2OS3.BrH/c1-10-3-5-12(6-4-10)8-18-17-19-14(9-22-17)13-7-15(16(20)21)23-11(13)2;/h3-7,9H,8H2,1-2H3,(H,18,19)(H,20,21);1H. The molecule has 7 heteroatoms. The second-order valence-corrected chi connectivity index (χ2v) is 7.78. The zero-order valence-corrected chi connectivity index (χ0v) is 17.4. The Hall–Kier alpha value is -1.15. The van der Waals surface area contributed by atoms with E-state index < -0.39 is 0 Å². The van der Waals surface area contributed by atoms with Crippen LogP contribution in [0.1, 0.15) is 25.7 Å². The summed E-state index contributed by atoms with van der Waals surface area (Å²) in [6.45, 7) is 4.83. The summed E-state index contributed by atoms with van der Waals surface area (Å²) < 4.78 is 0. The monoisotopic (exact) mass is 440 g/mol. The molecule has 0 aliphatic carbocycles. The minimum Gasteiger partial charge on any atom is -0.357 e. The molecule has 24 heavy (non-hydrogen) atoms. The number of carbonyl (C=O) groups excluding carboxylic acids is 1. The molecule has 0 spiro atoms. The van der Waals surface area contributed by atoms with E-state index >= 15 is 0 Å². The van der Waals surface area contributed by atoms with Crippen LogP contribution in [0, 0.1) is 13.8 Å². The predicted molar refractivity (Wildman–Crippen MR) is 112 cm³/mol. The molecule has 3 aromatic rings. The van der Waals surface area contributed by atoms with Gasteiger partial charge < -0.3 is 5.32 Å². The number of thiazole rings is 1. The third-order valence-corrected chi connectivity index (χ3v) is 5.71. The molecule has 0 bridgehead atoms. The van der Waals surface area contributed by atoms with E-state index in [2.05, 4.69) is 54.1 Å². The number of rotatable bonds is 5. The summed E-state index contributed by atoms with van der Waals surface area (Å²) in [5.41, 5.74) is 4.39. The molecule has 2 heterocycles. The van der Waals surface area contributed by atoms with Gasteiger partial charge in [-0.3, -0.25) is 4.79 Å². The Balaban J connectivity index is 0.00000208. The number of benzene rings is 1. The molecule has 0 atom stereocenters. The minimum atomic E-state index is -0.197. The maximum absolute atomic E-state index is 11.4. The van der Waals surface area contributed by atoms with Crippen molar-refractivity contribution in [3.8, 4) is 11.3 Å². The highest BCUT2D eigenvalue weighted by Crippen LogP contribution is 2.33. The molecule has 0 saturated carbocycles. The lowest BCUT2D eigenvalue weighted by atomic mass is 10.1. The fraction of sp³-hybridized carbons (Fsp3) is 0.176. The molecule has 0 fully saturated rings. The van der Waals surface area contributed by atoms with Gasteiger partial charge in [-0.15, -0.1) is 39.7 Å². The van der Waals surface area contributed by atoms with Crippen molar-refractivity contribution in [2.24, 2.45) is 0 Å². The van der Waals surface area contributed by atoms with Gasteiger partial charge in [-0.25, -0.2) is 4.98 Å². The summed E-state index contributed by atoms with van der Waals surface area (Å²) in [6, 6.07) is 10.3. The number of nitrogens with zero attached hydrogens (tertiary/aromatic N) is 1. The van der Waals surface area contributed by atoms with Gasteiger partial charge in [0.15, 0.2) is 5.13 Å². The number of halogens is 1. The molecule has 3 nitrogen and oxygen atoms in total. The van der Waals surface area contributed by atoms with Crippen molar-refractivity contribution < 1.29 is 4.79 Å². The highest BCUT2D eigenvalue weighted by molar-refractivity contribution is 8.93. The number of aromatic nitrogens is 1. The third-order valence-electron chi connectivity index (χ3n) is 3.47. The van der Waals surface area contributed by atoms with Crippen LogP contribution in [-0.4, -0.2) is 10.1 Å². The number of thiophene rings is 1. The zero-order chi connectivity index (χ0) is 16.4. The average Bonchev–Trinajstić information content (AvgIpc) is 3.13. The maximum atomic E-state index is 11.4. The quantitative estimate of drug-likeness (QED) is 0.496. The number of hydrogen-bond donors (Lipinski definition) is 2. The molecular weight excluding hydrogens is 424 g/mol. The van der Waals surface area contributed by atoms with Crippen LogP contribution in [0.2, 0.25) is 0 Å². The molecule has 0 aliphatic rings. The Kier molecular flexibility index (Phi) is 6.62. The van der Waals surface area contributed by atoms with Gasteiger partial charge >= 0.3 is 0 Å². The number of anilines is 1. The normalized spacial score (nSPS) is 10.3. The summed E-state index contributed by atoms with van der Waals surface area (Å²) >= 11 is 6.92. The van der Waals surface area contributed by atoms with Gasteiger partial charge in [-0.1, -0.05) is 42.5 Å². The van der Waals surface area contributed by atoms with Crippen LogP contribution < -0.4 is 5.32 Å². The number of aryl methyl sites for hydroxylation is 2. The van der Waals surface area contributed by atoms with Gasteiger partial charge in [0.1, 0.15) is 0 Å². The topological polar surface area (TPSA) is 42.0 Å². The molecule has 3 rings (SSSR count). The average molecular weight is 441 g/mol. The van der Waals surface area contributed by atoms with E-state index in [4.69, 9.17) is 0 Å². The first-order chi connectivity index (χ1) is 11.0.